The maximum atomic E-state index is 12.6. The predicted octanol–water partition coefficient (Wildman–Crippen LogP) is 6.25. The van der Waals surface area contributed by atoms with Crippen molar-refractivity contribution in [2.24, 2.45) is 0 Å². The first kappa shape index (κ1) is 23.5. The SMILES string of the molecule is CCC(CC)c1nn2c(=O)cc(CSc3ccccc3NC(=O)c3cccc(Cl)c3)nc2s1. The number of hydrogen-bond acceptors (Lipinski definition) is 6. The van der Waals surface area contributed by atoms with Crippen molar-refractivity contribution in [3.05, 3.63) is 86.2 Å². The first-order chi connectivity index (χ1) is 16.0. The van der Waals surface area contributed by atoms with Gasteiger partial charge < -0.3 is 5.32 Å². The van der Waals surface area contributed by atoms with Crippen molar-refractivity contribution in [2.75, 3.05) is 5.32 Å². The fourth-order valence-electron chi connectivity index (χ4n) is 3.42. The molecular weight excluding hydrogens is 476 g/mol. The quantitative estimate of drug-likeness (QED) is 0.290. The molecule has 0 saturated heterocycles. The van der Waals surface area contributed by atoms with Crippen LogP contribution in [0.5, 0.6) is 0 Å². The van der Waals surface area contributed by atoms with Crippen LogP contribution in [0.25, 0.3) is 4.96 Å². The third-order valence-electron chi connectivity index (χ3n) is 5.25. The molecule has 6 nitrogen and oxygen atoms in total. The van der Waals surface area contributed by atoms with Crippen LogP contribution in [0.3, 0.4) is 0 Å². The smallest absolute Gasteiger partial charge is 0.275 e. The number of fused-ring (bicyclic) bond motifs is 1. The Balaban J connectivity index is 1.52. The summed E-state index contributed by atoms with van der Waals surface area (Å²) >= 11 is 9.00. The van der Waals surface area contributed by atoms with Crippen LogP contribution in [0.15, 0.2) is 64.3 Å². The Morgan fingerprint density at radius 2 is 1.94 bits per heavy atom. The van der Waals surface area contributed by atoms with Gasteiger partial charge in [-0.05, 0) is 43.2 Å². The van der Waals surface area contributed by atoms with Crippen LogP contribution in [0.2, 0.25) is 5.02 Å². The summed E-state index contributed by atoms with van der Waals surface area (Å²) in [6, 6.07) is 15.9. The highest BCUT2D eigenvalue weighted by Crippen LogP contribution is 2.31. The van der Waals surface area contributed by atoms with Gasteiger partial charge in [0.05, 0.1) is 11.4 Å². The van der Waals surface area contributed by atoms with E-state index in [1.807, 2.05) is 24.3 Å². The Kier molecular flexibility index (Phi) is 7.47. The fraction of sp³-hybridized carbons (Fsp3) is 0.250. The summed E-state index contributed by atoms with van der Waals surface area (Å²) in [6.07, 6.45) is 1.96. The molecule has 9 heteroatoms. The topological polar surface area (TPSA) is 76.4 Å². The molecular formula is C24H23ClN4O2S2. The lowest BCUT2D eigenvalue weighted by molar-refractivity contribution is 0.102. The molecule has 0 bridgehead atoms. The van der Waals surface area contributed by atoms with Crippen molar-refractivity contribution >= 4 is 51.3 Å². The number of nitrogens with zero attached hydrogens (tertiary/aromatic N) is 3. The minimum atomic E-state index is -0.234. The molecule has 1 amide bonds. The summed E-state index contributed by atoms with van der Waals surface area (Å²) in [5.74, 6) is 0.597. The minimum absolute atomic E-state index is 0.174. The molecule has 0 aliphatic heterocycles. The van der Waals surface area contributed by atoms with E-state index in [4.69, 9.17) is 11.6 Å². The normalized spacial score (nSPS) is 11.3. The number of aromatic nitrogens is 3. The zero-order valence-corrected chi connectivity index (χ0v) is 20.6. The number of carbonyl (C=O) groups is 1. The number of amides is 1. The number of hydrogen-bond donors (Lipinski definition) is 1. The lowest BCUT2D eigenvalue weighted by Crippen LogP contribution is -2.15. The van der Waals surface area contributed by atoms with Gasteiger partial charge in [-0.3, -0.25) is 9.59 Å². The van der Waals surface area contributed by atoms with E-state index in [2.05, 4.69) is 29.2 Å². The van der Waals surface area contributed by atoms with Gasteiger partial charge in [0.1, 0.15) is 5.01 Å². The third-order valence-corrected chi connectivity index (χ3v) is 7.66. The second-order valence-corrected chi connectivity index (χ2v) is 9.92. The summed E-state index contributed by atoms with van der Waals surface area (Å²) < 4.78 is 1.39. The van der Waals surface area contributed by atoms with Crippen molar-refractivity contribution in [1.29, 1.82) is 0 Å². The largest absolute Gasteiger partial charge is 0.321 e. The van der Waals surface area contributed by atoms with E-state index < -0.39 is 0 Å². The van der Waals surface area contributed by atoms with Gasteiger partial charge in [-0.15, -0.1) is 11.8 Å². The van der Waals surface area contributed by atoms with Crippen LogP contribution in [-0.4, -0.2) is 20.5 Å². The molecule has 4 aromatic rings. The highest BCUT2D eigenvalue weighted by Gasteiger charge is 2.16. The molecule has 33 heavy (non-hydrogen) atoms. The molecule has 4 rings (SSSR count). The monoisotopic (exact) mass is 498 g/mol. The molecule has 0 aliphatic rings. The zero-order valence-electron chi connectivity index (χ0n) is 18.2. The molecule has 0 unspecified atom stereocenters. The van der Waals surface area contributed by atoms with E-state index in [9.17, 15) is 9.59 Å². The maximum Gasteiger partial charge on any atom is 0.275 e. The van der Waals surface area contributed by atoms with Crippen LogP contribution in [0.1, 0.15) is 53.7 Å². The standard InChI is InChI=1S/C24H23ClN4O2S2/c1-3-15(4-2)23-28-29-21(30)13-18(26-24(29)33-23)14-32-20-11-6-5-10-19(20)27-22(31)16-8-7-9-17(25)12-16/h5-13,15H,3-4,14H2,1-2H3,(H,27,31). The fourth-order valence-corrected chi connectivity index (χ4v) is 5.70. The molecule has 170 valence electrons. The maximum absolute atomic E-state index is 12.6. The van der Waals surface area contributed by atoms with E-state index in [1.54, 1.807) is 24.3 Å². The summed E-state index contributed by atoms with van der Waals surface area (Å²) in [4.78, 5) is 31.4. The van der Waals surface area contributed by atoms with Crippen molar-refractivity contribution in [3.8, 4) is 0 Å². The molecule has 1 N–H and O–H groups in total. The summed E-state index contributed by atoms with van der Waals surface area (Å²) in [5.41, 5.74) is 1.69. The van der Waals surface area contributed by atoms with Gasteiger partial charge in [0.15, 0.2) is 0 Å². The lowest BCUT2D eigenvalue weighted by atomic mass is 10.1. The van der Waals surface area contributed by atoms with E-state index >= 15 is 0 Å². The predicted molar refractivity (Wildman–Crippen MR) is 136 cm³/mol. The van der Waals surface area contributed by atoms with Crippen LogP contribution >= 0.6 is 34.7 Å². The van der Waals surface area contributed by atoms with E-state index in [0.717, 1.165) is 22.7 Å². The van der Waals surface area contributed by atoms with Crippen LogP contribution in [0, 0.1) is 0 Å². The van der Waals surface area contributed by atoms with Gasteiger partial charge in [0.2, 0.25) is 4.96 Å². The van der Waals surface area contributed by atoms with E-state index in [1.165, 1.54) is 33.7 Å². The number of benzene rings is 2. The van der Waals surface area contributed by atoms with Gasteiger partial charge in [0, 0.05) is 33.2 Å². The van der Waals surface area contributed by atoms with Crippen molar-refractivity contribution in [3.63, 3.8) is 0 Å². The van der Waals surface area contributed by atoms with Crippen molar-refractivity contribution in [1.82, 2.24) is 14.6 Å². The van der Waals surface area contributed by atoms with Crippen molar-refractivity contribution < 1.29 is 4.79 Å². The Bertz CT molecular complexity index is 1350. The van der Waals surface area contributed by atoms with Gasteiger partial charge in [0.25, 0.3) is 11.5 Å². The molecule has 0 aliphatic carbocycles. The number of thioether (sulfide) groups is 1. The average Bonchev–Trinajstić information content (AvgIpc) is 3.24. The van der Waals surface area contributed by atoms with Gasteiger partial charge in [-0.2, -0.15) is 9.61 Å². The summed E-state index contributed by atoms with van der Waals surface area (Å²) in [6.45, 7) is 4.25. The molecule has 2 aromatic carbocycles. The zero-order chi connectivity index (χ0) is 23.4. The number of rotatable bonds is 8. The molecule has 0 fully saturated rings. The van der Waals surface area contributed by atoms with Crippen LogP contribution in [-0.2, 0) is 5.75 Å². The van der Waals surface area contributed by atoms with E-state index in [-0.39, 0.29) is 11.5 Å². The highest BCUT2D eigenvalue weighted by atomic mass is 35.5. The Labute approximate surface area is 205 Å². The number of halogens is 1. The highest BCUT2D eigenvalue weighted by molar-refractivity contribution is 7.98. The van der Waals surface area contributed by atoms with Gasteiger partial charge in [-0.1, -0.05) is 55.0 Å². The Morgan fingerprint density at radius 3 is 2.70 bits per heavy atom. The Morgan fingerprint density at radius 1 is 1.15 bits per heavy atom. The summed E-state index contributed by atoms with van der Waals surface area (Å²) in [7, 11) is 0. The number of carbonyl (C=O) groups excluding carboxylic acids is 1. The summed E-state index contributed by atoms with van der Waals surface area (Å²) in [5, 5.41) is 8.89. The number of para-hydroxylation sites is 1. The first-order valence-electron chi connectivity index (χ1n) is 10.7. The molecule has 0 saturated carbocycles. The molecule has 0 spiro atoms. The van der Waals surface area contributed by atoms with Crippen LogP contribution < -0.4 is 10.9 Å². The first-order valence-corrected chi connectivity index (χ1v) is 12.8. The average molecular weight is 499 g/mol. The lowest BCUT2D eigenvalue weighted by Gasteiger charge is -2.11. The molecule has 2 heterocycles. The van der Waals surface area contributed by atoms with Gasteiger partial charge in [-0.25, -0.2) is 4.98 Å². The van der Waals surface area contributed by atoms with E-state index in [0.29, 0.717) is 38.6 Å². The Hall–Kier alpha value is -2.68. The second kappa shape index (κ2) is 10.5. The van der Waals surface area contributed by atoms with Gasteiger partial charge >= 0.3 is 0 Å². The molecule has 0 atom stereocenters. The minimum Gasteiger partial charge on any atom is -0.321 e. The third kappa shape index (κ3) is 5.46. The number of nitrogens with one attached hydrogen (secondary N) is 1. The van der Waals surface area contributed by atoms with Crippen LogP contribution in [0.4, 0.5) is 5.69 Å². The molecule has 0 radical (unpaired) electrons. The molecule has 2 aromatic heterocycles. The van der Waals surface area contributed by atoms with Crippen molar-refractivity contribution in [2.45, 2.75) is 43.3 Å². The second-order valence-electron chi connectivity index (χ2n) is 7.48. The number of anilines is 1.